The number of esters is 1. The number of amides is 2. The number of thiazole rings is 1. The summed E-state index contributed by atoms with van der Waals surface area (Å²) in [7, 11) is 0. The number of oxime groups is 1. The van der Waals surface area contributed by atoms with Crippen LogP contribution in [0.2, 0.25) is 0 Å². The normalized spacial score (nSPS) is 17.7. The Kier molecular flexibility index (Phi) is 9.79. The third-order valence-corrected chi connectivity index (χ3v) is 10.3. The van der Waals surface area contributed by atoms with Crippen molar-refractivity contribution in [1.82, 2.24) is 30.1 Å². The average molecular weight is 711 g/mol. The molecule has 5 heterocycles. The van der Waals surface area contributed by atoms with E-state index in [1.165, 1.54) is 17.1 Å². The lowest BCUT2D eigenvalue weighted by Gasteiger charge is -2.49. The fourth-order valence-electron chi connectivity index (χ4n) is 4.12. The van der Waals surface area contributed by atoms with Crippen molar-refractivity contribution in [3.8, 4) is 5.75 Å². The molecule has 0 aromatic carbocycles. The molecule has 18 nitrogen and oxygen atoms in total. The molecule has 0 saturated carbocycles. The first kappa shape index (κ1) is 32.7. The predicted octanol–water partition coefficient (Wildman–Crippen LogP) is 0.310. The highest BCUT2D eigenvalue weighted by Gasteiger charge is 2.54. The van der Waals surface area contributed by atoms with Crippen molar-refractivity contribution in [1.29, 1.82) is 0 Å². The molecule has 242 valence electrons. The van der Waals surface area contributed by atoms with Gasteiger partial charge in [0.2, 0.25) is 10.4 Å². The number of ether oxygens (including phenoxy) is 1. The van der Waals surface area contributed by atoms with Crippen LogP contribution >= 0.6 is 46.2 Å². The van der Waals surface area contributed by atoms with Crippen molar-refractivity contribution in [3.05, 3.63) is 55.5 Å². The Morgan fingerprint density at radius 2 is 2.07 bits per heavy atom. The van der Waals surface area contributed by atoms with Gasteiger partial charge in [0, 0.05) is 23.0 Å². The Morgan fingerprint density at radius 1 is 1.28 bits per heavy atom. The summed E-state index contributed by atoms with van der Waals surface area (Å²) in [5.74, 6) is -3.80. The number of nitrogens with two attached hydrogens (primary N) is 1. The van der Waals surface area contributed by atoms with E-state index in [2.05, 4.69) is 25.7 Å². The second-order valence-corrected chi connectivity index (χ2v) is 13.3. The molecular formula is C24H22N8O10S4. The van der Waals surface area contributed by atoms with Gasteiger partial charge in [-0.25, -0.2) is 14.6 Å². The van der Waals surface area contributed by atoms with Crippen molar-refractivity contribution in [2.45, 2.75) is 29.3 Å². The summed E-state index contributed by atoms with van der Waals surface area (Å²) in [6.07, 6.45) is 0.761. The molecule has 0 spiro atoms. The number of aromatic hydroxyl groups is 1. The molecule has 2 aliphatic heterocycles. The number of nitrogens with zero attached hydrogens (tertiary/aromatic N) is 6. The molecule has 2 amide bonds. The molecule has 6 N–H and O–H groups in total. The number of pyridine rings is 1. The van der Waals surface area contributed by atoms with E-state index in [4.69, 9.17) is 15.3 Å². The van der Waals surface area contributed by atoms with Crippen LogP contribution in [0.3, 0.4) is 0 Å². The molecular weight excluding hydrogens is 689 g/mol. The number of nitrogens with one attached hydrogen (secondary N) is 1. The van der Waals surface area contributed by atoms with Gasteiger partial charge in [0.25, 0.3) is 11.8 Å². The van der Waals surface area contributed by atoms with Gasteiger partial charge in [0.1, 0.15) is 28.5 Å². The maximum atomic E-state index is 13.3. The molecule has 0 bridgehead atoms. The smallest absolute Gasteiger partial charge is 0.369 e. The van der Waals surface area contributed by atoms with Gasteiger partial charge in [0.05, 0.1) is 12.8 Å². The van der Waals surface area contributed by atoms with Crippen LogP contribution in [0.5, 0.6) is 5.75 Å². The molecule has 0 radical (unpaired) electrons. The van der Waals surface area contributed by atoms with Crippen LogP contribution in [0, 0.1) is 0 Å². The van der Waals surface area contributed by atoms with Crippen LogP contribution in [0.4, 0.5) is 5.13 Å². The lowest BCUT2D eigenvalue weighted by Crippen LogP contribution is -2.71. The van der Waals surface area contributed by atoms with Crippen LogP contribution < -0.4 is 16.5 Å². The standard InChI is InChI=1S/C24H22N8O10S4/c1-2-41-22(39)18-28-29-24(46-18)45-7-9-6-43-20-15(19(36)32(20)16(9)21(37)38)27-17(35)14(11-8-44-23(25)26-11)30-42-5-10-3-12(33)13(34)4-31(10)40/h3-4,8,15,20,34,40H,2,5-7H2,1H3,(H2,25,26)(H,27,35)(H,37,38)/b30-14-/t15-,20-/m1/s1. The minimum atomic E-state index is -1.33. The number of nitrogen functional groups attached to an aromatic ring is 1. The number of β-lactam (4-membered cyclic amide) rings is 1. The molecule has 1 fully saturated rings. The van der Waals surface area contributed by atoms with Gasteiger partial charge in [0.15, 0.2) is 27.5 Å². The third-order valence-electron chi connectivity index (χ3n) is 6.20. The zero-order chi connectivity index (χ0) is 33.1. The molecule has 3 aromatic heterocycles. The number of hydrogen-bond donors (Lipinski definition) is 5. The molecule has 2 aliphatic rings. The van der Waals surface area contributed by atoms with E-state index in [0.29, 0.717) is 14.6 Å². The molecule has 0 unspecified atom stereocenters. The van der Waals surface area contributed by atoms with Crippen molar-refractivity contribution in [2.24, 2.45) is 5.16 Å². The molecule has 22 heteroatoms. The van der Waals surface area contributed by atoms with Gasteiger partial charge < -0.3 is 36.0 Å². The Morgan fingerprint density at radius 3 is 2.76 bits per heavy atom. The minimum Gasteiger partial charge on any atom is -0.503 e. The Bertz CT molecular complexity index is 1840. The first-order chi connectivity index (χ1) is 22.0. The summed E-state index contributed by atoms with van der Waals surface area (Å²) < 4.78 is 5.76. The summed E-state index contributed by atoms with van der Waals surface area (Å²) >= 11 is 4.41. The minimum absolute atomic E-state index is 0.0141. The second-order valence-electron chi connectivity index (χ2n) is 9.14. The zero-order valence-corrected chi connectivity index (χ0v) is 26.6. The van der Waals surface area contributed by atoms with Gasteiger partial charge in [-0.2, -0.15) is 4.73 Å². The summed E-state index contributed by atoms with van der Waals surface area (Å²) in [6, 6.07) is -0.209. The number of aliphatic carboxylic acids is 1. The summed E-state index contributed by atoms with van der Waals surface area (Å²) in [4.78, 5) is 72.7. The number of thioether (sulfide) groups is 2. The van der Waals surface area contributed by atoms with Crippen LogP contribution in [0.15, 0.2) is 43.2 Å². The van der Waals surface area contributed by atoms with Gasteiger partial charge in [-0.1, -0.05) is 28.3 Å². The molecule has 2 atom stereocenters. The van der Waals surface area contributed by atoms with Crippen molar-refractivity contribution >= 4 is 80.8 Å². The first-order valence-electron chi connectivity index (χ1n) is 12.9. The van der Waals surface area contributed by atoms with E-state index in [0.717, 1.165) is 51.6 Å². The SMILES string of the molecule is CCOC(=O)c1nnc(SCC2=C(C(=O)O)N3C(=O)[C@@H](NC(=O)/C(=N\OCc4cc(=O)c(O)cn4O)c4csc(N)n4)[C@H]3SC2)s1. The molecule has 5 rings (SSSR count). The topological polar surface area (TPSA) is 262 Å². The highest BCUT2D eigenvalue weighted by atomic mass is 32.2. The molecule has 1 saturated heterocycles. The number of aromatic nitrogens is 4. The third kappa shape index (κ3) is 6.78. The van der Waals surface area contributed by atoms with Crippen molar-refractivity contribution in [3.63, 3.8) is 0 Å². The summed E-state index contributed by atoms with van der Waals surface area (Å²) in [5, 5.41) is 44.2. The number of hydrogen-bond acceptors (Lipinski definition) is 18. The van der Waals surface area contributed by atoms with Crippen LogP contribution in [0.25, 0.3) is 0 Å². The summed E-state index contributed by atoms with van der Waals surface area (Å²) in [6.45, 7) is 1.34. The maximum Gasteiger partial charge on any atom is 0.369 e. The van der Waals surface area contributed by atoms with E-state index in [-0.39, 0.29) is 51.0 Å². The van der Waals surface area contributed by atoms with E-state index < -0.39 is 53.0 Å². The monoisotopic (exact) mass is 710 g/mol. The van der Waals surface area contributed by atoms with E-state index in [1.54, 1.807) is 6.92 Å². The number of carbonyl (C=O) groups is 4. The van der Waals surface area contributed by atoms with E-state index in [1.807, 2.05) is 0 Å². The van der Waals surface area contributed by atoms with Crippen LogP contribution in [0.1, 0.15) is 28.1 Å². The van der Waals surface area contributed by atoms with Gasteiger partial charge >= 0.3 is 11.9 Å². The Hall–Kier alpha value is -4.67. The second kappa shape index (κ2) is 13.8. The number of anilines is 1. The molecule has 0 aliphatic carbocycles. The fourth-order valence-corrected chi connectivity index (χ4v) is 7.90. The van der Waals surface area contributed by atoms with Gasteiger partial charge in [-0.15, -0.1) is 33.3 Å². The Labute approximate surface area is 273 Å². The molecule has 3 aromatic rings. The number of carbonyl (C=O) groups excluding carboxylic acids is 3. The van der Waals surface area contributed by atoms with Crippen molar-refractivity contribution in [2.75, 3.05) is 23.8 Å². The van der Waals surface area contributed by atoms with Gasteiger partial charge in [-0.05, 0) is 12.5 Å². The number of carboxylic acid groups (broad SMARTS) is 1. The lowest BCUT2D eigenvalue weighted by molar-refractivity contribution is -0.150. The summed E-state index contributed by atoms with van der Waals surface area (Å²) in [5.41, 5.74) is 4.70. The highest BCUT2D eigenvalue weighted by Crippen LogP contribution is 2.42. The largest absolute Gasteiger partial charge is 0.503 e. The fraction of sp³-hybridized carbons (Fsp3) is 0.292. The van der Waals surface area contributed by atoms with Gasteiger partial charge in [-0.3, -0.25) is 19.3 Å². The number of rotatable bonds is 12. The highest BCUT2D eigenvalue weighted by molar-refractivity contribution is 8.01. The lowest BCUT2D eigenvalue weighted by atomic mass is 10.0. The predicted molar refractivity (Wildman–Crippen MR) is 164 cm³/mol. The quantitative estimate of drug-likeness (QED) is 0.0423. The van der Waals surface area contributed by atoms with E-state index in [9.17, 15) is 39.4 Å². The first-order valence-corrected chi connectivity index (χ1v) is 16.6. The van der Waals surface area contributed by atoms with Crippen molar-refractivity contribution < 1.29 is 44.2 Å². The Balaban J connectivity index is 1.28. The maximum absolute atomic E-state index is 13.3. The number of carboxylic acids is 1. The van der Waals surface area contributed by atoms with Crippen LogP contribution in [-0.2, 0) is 30.6 Å². The van der Waals surface area contributed by atoms with E-state index >= 15 is 0 Å². The molecule has 46 heavy (non-hydrogen) atoms. The zero-order valence-electron chi connectivity index (χ0n) is 23.3. The number of fused-ring (bicyclic) bond motifs is 1. The average Bonchev–Trinajstić information content (AvgIpc) is 3.68. The van der Waals surface area contributed by atoms with Crippen LogP contribution in [-0.4, -0.2) is 99.2 Å².